The fourth-order valence-electron chi connectivity index (χ4n) is 4.30. The molecule has 1 aromatic rings. The van der Waals surface area contributed by atoms with Crippen LogP contribution in [0.25, 0.3) is 0 Å². The second-order valence-electron chi connectivity index (χ2n) is 6.73. The van der Waals surface area contributed by atoms with E-state index in [9.17, 15) is 14.0 Å². The van der Waals surface area contributed by atoms with Crippen LogP contribution in [-0.4, -0.2) is 46.8 Å². The molecular weight excluding hydrogens is 309 g/mol. The molecule has 0 spiro atoms. The highest BCUT2D eigenvalue weighted by Gasteiger charge is 2.42. The van der Waals surface area contributed by atoms with Crippen molar-refractivity contribution in [3.63, 3.8) is 0 Å². The van der Waals surface area contributed by atoms with Gasteiger partial charge in [0.2, 0.25) is 11.8 Å². The quantitative estimate of drug-likeness (QED) is 0.914. The van der Waals surface area contributed by atoms with E-state index in [0.717, 1.165) is 38.8 Å². The lowest BCUT2D eigenvalue weighted by Gasteiger charge is -2.38. The molecule has 3 atom stereocenters. The predicted octanol–water partition coefficient (Wildman–Crippen LogP) is 1.83. The Morgan fingerprint density at radius 3 is 2.38 bits per heavy atom. The Morgan fingerprint density at radius 1 is 1.12 bits per heavy atom. The maximum atomic E-state index is 13.2. The number of carbonyl (C=O) groups is 2. The number of nitrogens with zero attached hydrogens (tertiary/aromatic N) is 2. The van der Waals surface area contributed by atoms with E-state index < -0.39 is 11.9 Å². The van der Waals surface area contributed by atoms with E-state index in [1.54, 1.807) is 19.1 Å². The van der Waals surface area contributed by atoms with Crippen LogP contribution < -0.4 is 5.73 Å². The molecule has 0 aliphatic carbocycles. The molecular formula is C18H24FN3O2. The zero-order valence-corrected chi connectivity index (χ0v) is 14.0. The van der Waals surface area contributed by atoms with Gasteiger partial charge in [0.15, 0.2) is 0 Å². The van der Waals surface area contributed by atoms with Crippen LogP contribution in [0.3, 0.4) is 0 Å². The topological polar surface area (TPSA) is 66.6 Å². The Labute approximate surface area is 141 Å². The molecule has 24 heavy (non-hydrogen) atoms. The molecule has 0 radical (unpaired) electrons. The van der Waals surface area contributed by atoms with Gasteiger partial charge in [0, 0.05) is 25.6 Å². The Morgan fingerprint density at radius 2 is 1.75 bits per heavy atom. The summed E-state index contributed by atoms with van der Waals surface area (Å²) in [5, 5.41) is 0. The first kappa shape index (κ1) is 16.9. The first-order chi connectivity index (χ1) is 11.5. The largest absolute Gasteiger partial charge is 0.368 e. The average Bonchev–Trinajstić information content (AvgIpc) is 3.17. The molecule has 6 heteroatoms. The van der Waals surface area contributed by atoms with Crippen molar-refractivity contribution in [2.24, 2.45) is 5.73 Å². The zero-order valence-electron chi connectivity index (χ0n) is 14.0. The molecule has 2 heterocycles. The minimum atomic E-state index is -0.576. The summed E-state index contributed by atoms with van der Waals surface area (Å²) in [5.74, 6) is -0.680. The maximum absolute atomic E-state index is 13.2. The average molecular weight is 333 g/mol. The standard InChI is InChI=1S/C18H24FN3O2/c1-12(23)21-10-2-4-15(21)16-5-3-11-22(16)17(18(20)24)13-6-8-14(19)9-7-13/h6-9,15-17H,2-5,10-11H2,1H3,(H2,20,24). The fourth-order valence-corrected chi connectivity index (χ4v) is 4.30. The number of amides is 2. The summed E-state index contributed by atoms with van der Waals surface area (Å²) in [4.78, 5) is 28.1. The Kier molecular flexibility index (Phi) is 4.85. The van der Waals surface area contributed by atoms with E-state index in [1.165, 1.54) is 12.1 Å². The van der Waals surface area contributed by atoms with Crippen LogP contribution in [0.15, 0.2) is 24.3 Å². The van der Waals surface area contributed by atoms with Gasteiger partial charge in [-0.15, -0.1) is 0 Å². The van der Waals surface area contributed by atoms with Gasteiger partial charge in [-0.1, -0.05) is 12.1 Å². The monoisotopic (exact) mass is 333 g/mol. The summed E-state index contributed by atoms with van der Waals surface area (Å²) in [6.45, 7) is 3.14. The number of likely N-dealkylation sites (tertiary alicyclic amines) is 2. The zero-order chi connectivity index (χ0) is 17.3. The van der Waals surface area contributed by atoms with Crippen LogP contribution in [0.1, 0.15) is 44.2 Å². The molecule has 2 aliphatic rings. The highest BCUT2D eigenvalue weighted by molar-refractivity contribution is 5.81. The van der Waals surface area contributed by atoms with Crippen LogP contribution >= 0.6 is 0 Å². The minimum Gasteiger partial charge on any atom is -0.368 e. The number of halogens is 1. The lowest BCUT2D eigenvalue weighted by atomic mass is 9.98. The van der Waals surface area contributed by atoms with Crippen LogP contribution in [0.2, 0.25) is 0 Å². The van der Waals surface area contributed by atoms with E-state index >= 15 is 0 Å². The number of hydrogen-bond acceptors (Lipinski definition) is 3. The highest BCUT2D eigenvalue weighted by atomic mass is 19.1. The van der Waals surface area contributed by atoms with Crippen LogP contribution in [-0.2, 0) is 9.59 Å². The number of benzene rings is 1. The first-order valence-corrected chi connectivity index (χ1v) is 8.57. The molecule has 3 rings (SSSR count). The van der Waals surface area contributed by atoms with Crippen molar-refractivity contribution in [2.75, 3.05) is 13.1 Å². The van der Waals surface area contributed by atoms with Gasteiger partial charge in [-0.25, -0.2) is 4.39 Å². The molecule has 2 N–H and O–H groups in total. The van der Waals surface area contributed by atoms with Crippen LogP contribution in [0, 0.1) is 5.82 Å². The van der Waals surface area contributed by atoms with E-state index in [1.807, 2.05) is 4.90 Å². The molecule has 1 aromatic carbocycles. The summed E-state index contributed by atoms with van der Waals surface area (Å²) >= 11 is 0. The van der Waals surface area contributed by atoms with Gasteiger partial charge >= 0.3 is 0 Å². The lowest BCUT2D eigenvalue weighted by molar-refractivity contribution is -0.131. The number of rotatable bonds is 4. The third-order valence-electron chi connectivity index (χ3n) is 5.28. The Balaban J connectivity index is 1.88. The fraction of sp³-hybridized carbons (Fsp3) is 0.556. The van der Waals surface area contributed by atoms with Crippen molar-refractivity contribution in [1.29, 1.82) is 0 Å². The van der Waals surface area contributed by atoms with Gasteiger partial charge in [-0.2, -0.15) is 0 Å². The molecule has 0 aromatic heterocycles. The SMILES string of the molecule is CC(=O)N1CCCC1C1CCCN1C(C(N)=O)c1ccc(F)cc1. The molecule has 2 aliphatic heterocycles. The van der Waals surface area contributed by atoms with Crippen molar-refractivity contribution in [3.05, 3.63) is 35.6 Å². The third-order valence-corrected chi connectivity index (χ3v) is 5.28. The molecule has 0 saturated carbocycles. The van der Waals surface area contributed by atoms with Gasteiger partial charge in [-0.05, 0) is 49.9 Å². The molecule has 2 amide bonds. The molecule has 130 valence electrons. The second-order valence-corrected chi connectivity index (χ2v) is 6.73. The maximum Gasteiger partial charge on any atom is 0.239 e. The highest BCUT2D eigenvalue weighted by Crippen LogP contribution is 2.35. The number of hydrogen-bond donors (Lipinski definition) is 1. The molecule has 0 bridgehead atoms. The summed E-state index contributed by atoms with van der Waals surface area (Å²) in [6, 6.07) is 5.63. The third kappa shape index (κ3) is 3.15. The number of carbonyl (C=O) groups excluding carboxylic acids is 2. The van der Waals surface area contributed by atoms with Crippen molar-refractivity contribution in [2.45, 2.75) is 50.7 Å². The van der Waals surface area contributed by atoms with E-state index in [2.05, 4.69) is 4.90 Å². The number of primary amides is 1. The summed E-state index contributed by atoms with van der Waals surface area (Å²) < 4.78 is 13.2. The summed E-state index contributed by atoms with van der Waals surface area (Å²) in [6.07, 6.45) is 3.86. The van der Waals surface area contributed by atoms with Gasteiger partial charge in [-0.3, -0.25) is 14.5 Å². The summed E-state index contributed by atoms with van der Waals surface area (Å²) in [5.41, 5.74) is 6.40. The van der Waals surface area contributed by atoms with Gasteiger partial charge < -0.3 is 10.6 Å². The van der Waals surface area contributed by atoms with Crippen molar-refractivity contribution >= 4 is 11.8 Å². The van der Waals surface area contributed by atoms with Crippen molar-refractivity contribution in [3.8, 4) is 0 Å². The first-order valence-electron chi connectivity index (χ1n) is 8.57. The Bertz CT molecular complexity index is 619. The van der Waals surface area contributed by atoms with Crippen molar-refractivity contribution in [1.82, 2.24) is 9.80 Å². The van der Waals surface area contributed by atoms with E-state index in [4.69, 9.17) is 5.73 Å². The Hall–Kier alpha value is -1.95. The number of nitrogens with two attached hydrogens (primary N) is 1. The molecule has 2 fully saturated rings. The van der Waals surface area contributed by atoms with E-state index in [0.29, 0.717) is 5.56 Å². The minimum absolute atomic E-state index is 0.0850. The van der Waals surface area contributed by atoms with Gasteiger partial charge in [0.1, 0.15) is 11.9 Å². The van der Waals surface area contributed by atoms with Crippen molar-refractivity contribution < 1.29 is 14.0 Å². The molecule has 2 saturated heterocycles. The van der Waals surface area contributed by atoms with Crippen LogP contribution in [0.4, 0.5) is 4.39 Å². The van der Waals surface area contributed by atoms with Gasteiger partial charge in [0.25, 0.3) is 0 Å². The molecule has 3 unspecified atom stereocenters. The summed E-state index contributed by atoms with van der Waals surface area (Å²) in [7, 11) is 0. The lowest BCUT2D eigenvalue weighted by Crippen LogP contribution is -2.50. The predicted molar refractivity (Wildman–Crippen MR) is 88.5 cm³/mol. The molecule has 5 nitrogen and oxygen atoms in total. The smallest absolute Gasteiger partial charge is 0.239 e. The van der Waals surface area contributed by atoms with Gasteiger partial charge in [0.05, 0.1) is 0 Å². The van der Waals surface area contributed by atoms with Crippen LogP contribution in [0.5, 0.6) is 0 Å². The second kappa shape index (κ2) is 6.89. The normalized spacial score (nSPS) is 25.8. The van der Waals surface area contributed by atoms with E-state index in [-0.39, 0.29) is 23.8 Å².